The van der Waals surface area contributed by atoms with Crippen LogP contribution in [0, 0.1) is 5.41 Å². The first-order valence-electron chi connectivity index (χ1n) is 16.1. The molecular formula is C32H59NO7. The van der Waals surface area contributed by atoms with Crippen molar-refractivity contribution in [1.82, 2.24) is 5.32 Å². The molecule has 0 aromatic rings. The molecule has 0 aliphatic rings. The first-order valence-corrected chi connectivity index (χ1v) is 16.1. The Hall–Kier alpha value is -1.96. The van der Waals surface area contributed by atoms with Gasteiger partial charge in [-0.2, -0.15) is 0 Å². The van der Waals surface area contributed by atoms with Gasteiger partial charge in [0.15, 0.2) is 0 Å². The molecule has 1 unspecified atom stereocenters. The van der Waals surface area contributed by atoms with Crippen molar-refractivity contribution in [1.29, 1.82) is 0 Å². The van der Waals surface area contributed by atoms with Gasteiger partial charge in [0.25, 0.3) is 0 Å². The lowest BCUT2D eigenvalue weighted by molar-refractivity contribution is -0.157. The summed E-state index contributed by atoms with van der Waals surface area (Å²) in [5, 5.41) is 21.7. The highest BCUT2D eigenvalue weighted by molar-refractivity contribution is 6.01. The van der Waals surface area contributed by atoms with Crippen molar-refractivity contribution in [3.63, 3.8) is 0 Å². The van der Waals surface area contributed by atoms with E-state index in [0.717, 1.165) is 64.2 Å². The topological polar surface area (TPSA) is 130 Å². The summed E-state index contributed by atoms with van der Waals surface area (Å²) in [5.41, 5.74) is -1.42. The molecule has 8 nitrogen and oxygen atoms in total. The van der Waals surface area contributed by atoms with Crippen molar-refractivity contribution in [3.05, 3.63) is 0 Å². The average Bonchev–Trinajstić information content (AvgIpc) is 2.93. The molecule has 0 aromatic carbocycles. The van der Waals surface area contributed by atoms with Crippen molar-refractivity contribution in [2.75, 3.05) is 19.8 Å². The monoisotopic (exact) mass is 569 g/mol. The summed E-state index contributed by atoms with van der Waals surface area (Å²) in [7, 11) is 0. The van der Waals surface area contributed by atoms with E-state index < -0.39 is 23.3 Å². The molecule has 3 N–H and O–H groups in total. The average molecular weight is 570 g/mol. The number of rotatable bonds is 30. The summed E-state index contributed by atoms with van der Waals surface area (Å²) in [6, 6.07) is 0. The Morgan fingerprint density at radius 1 is 0.625 bits per heavy atom. The van der Waals surface area contributed by atoms with Gasteiger partial charge in [0, 0.05) is 25.8 Å². The van der Waals surface area contributed by atoms with Crippen LogP contribution in [0.3, 0.4) is 0 Å². The normalized spacial score (nSPS) is 12.7. The first-order chi connectivity index (χ1) is 19.3. The number of ketones is 1. The Balaban J connectivity index is 4.67. The summed E-state index contributed by atoms with van der Waals surface area (Å²) in [6.07, 6.45) is 19.2. The molecule has 0 rings (SSSR count). The van der Waals surface area contributed by atoms with Gasteiger partial charge in [-0.05, 0) is 19.3 Å². The number of carboxylic acids is 2. The summed E-state index contributed by atoms with van der Waals surface area (Å²) in [4.78, 5) is 47.7. The molecule has 0 spiro atoms. The van der Waals surface area contributed by atoms with Gasteiger partial charge in [0.05, 0.1) is 13.2 Å². The molecule has 0 bridgehead atoms. The minimum atomic E-state index is -1.42. The number of Topliss-reactive ketones (excluding diaryl/α,β-unsaturated/α-hetero) is 1. The third-order valence-corrected chi connectivity index (χ3v) is 7.75. The summed E-state index contributed by atoms with van der Waals surface area (Å²) < 4.78 is 5.45. The second kappa shape index (κ2) is 26.0. The zero-order valence-electron chi connectivity index (χ0n) is 25.6. The van der Waals surface area contributed by atoms with Crippen LogP contribution >= 0.6 is 0 Å². The van der Waals surface area contributed by atoms with E-state index in [1.54, 1.807) is 0 Å². The number of unbranched alkanes of at least 4 members (excludes halogenated alkanes) is 15. The van der Waals surface area contributed by atoms with E-state index in [1.807, 2.05) is 6.92 Å². The Labute approximate surface area is 243 Å². The Kier molecular flexibility index (Phi) is 24.7. The van der Waals surface area contributed by atoms with Gasteiger partial charge < -0.3 is 20.3 Å². The Morgan fingerprint density at radius 2 is 1.10 bits per heavy atom. The highest BCUT2D eigenvalue weighted by Gasteiger charge is 2.44. The Morgan fingerprint density at radius 3 is 1.55 bits per heavy atom. The van der Waals surface area contributed by atoms with Crippen LogP contribution in [-0.2, 0) is 23.9 Å². The molecule has 0 aromatic heterocycles. The third kappa shape index (κ3) is 20.0. The lowest BCUT2D eigenvalue weighted by Gasteiger charge is -2.28. The van der Waals surface area contributed by atoms with E-state index in [1.165, 1.54) is 32.1 Å². The lowest BCUT2D eigenvalue weighted by atomic mass is 9.76. The Bertz CT molecular complexity index is 682. The number of amides is 1. The lowest BCUT2D eigenvalue weighted by Crippen LogP contribution is -2.47. The predicted molar refractivity (Wildman–Crippen MR) is 159 cm³/mol. The molecule has 0 aliphatic carbocycles. The standard InChI is InChI=1S/C32H59NO7/c1-3-5-6-7-8-10-13-16-19-23-32(31(38)39,30(37)33-25-27-40-26-22-28(34)4-2)24-20-17-14-11-9-12-15-18-21-29(35)36/h3-27H2,1-2H3,(H,33,37)(H,35,36)(H,38,39). The number of hydrogen-bond donors (Lipinski definition) is 3. The molecule has 0 saturated carbocycles. The molecule has 0 radical (unpaired) electrons. The van der Waals surface area contributed by atoms with E-state index in [0.29, 0.717) is 45.1 Å². The molecule has 1 atom stereocenters. The van der Waals surface area contributed by atoms with Gasteiger partial charge in [0.1, 0.15) is 11.2 Å². The van der Waals surface area contributed by atoms with Crippen LogP contribution in [0.1, 0.15) is 155 Å². The largest absolute Gasteiger partial charge is 0.481 e. The van der Waals surface area contributed by atoms with Crippen molar-refractivity contribution in [2.24, 2.45) is 5.41 Å². The quantitative estimate of drug-likeness (QED) is 0.0604. The molecule has 40 heavy (non-hydrogen) atoms. The van der Waals surface area contributed by atoms with E-state index in [-0.39, 0.29) is 25.4 Å². The van der Waals surface area contributed by atoms with Crippen LogP contribution in [0.4, 0.5) is 0 Å². The molecule has 0 aliphatic heterocycles. The number of nitrogens with one attached hydrogen (secondary N) is 1. The van der Waals surface area contributed by atoms with E-state index in [9.17, 15) is 24.3 Å². The van der Waals surface area contributed by atoms with Crippen LogP contribution in [0.15, 0.2) is 0 Å². The highest BCUT2D eigenvalue weighted by atomic mass is 16.5. The second-order valence-corrected chi connectivity index (χ2v) is 11.2. The minimum absolute atomic E-state index is 0.132. The molecule has 0 heterocycles. The molecule has 0 saturated heterocycles. The van der Waals surface area contributed by atoms with Crippen LogP contribution in [0.5, 0.6) is 0 Å². The number of carbonyl (C=O) groups excluding carboxylic acids is 2. The van der Waals surface area contributed by atoms with Crippen molar-refractivity contribution >= 4 is 23.6 Å². The van der Waals surface area contributed by atoms with Crippen molar-refractivity contribution in [3.8, 4) is 0 Å². The maximum Gasteiger partial charge on any atom is 0.319 e. The smallest absolute Gasteiger partial charge is 0.319 e. The van der Waals surface area contributed by atoms with Gasteiger partial charge in [-0.25, -0.2) is 0 Å². The van der Waals surface area contributed by atoms with Crippen LogP contribution < -0.4 is 5.32 Å². The molecule has 234 valence electrons. The van der Waals surface area contributed by atoms with Gasteiger partial charge in [-0.1, -0.05) is 117 Å². The zero-order valence-corrected chi connectivity index (χ0v) is 25.6. The van der Waals surface area contributed by atoms with Crippen molar-refractivity contribution in [2.45, 2.75) is 155 Å². The fourth-order valence-corrected chi connectivity index (χ4v) is 5.03. The molecule has 8 heteroatoms. The SMILES string of the molecule is CCCCCCCCCCCC(CCCCCCCCCCC(=O)O)(C(=O)O)C(=O)NCCOCCC(=O)CC. The minimum Gasteiger partial charge on any atom is -0.481 e. The zero-order chi connectivity index (χ0) is 29.9. The van der Waals surface area contributed by atoms with E-state index in [2.05, 4.69) is 12.2 Å². The second-order valence-electron chi connectivity index (χ2n) is 11.2. The third-order valence-electron chi connectivity index (χ3n) is 7.75. The van der Waals surface area contributed by atoms with Gasteiger partial charge >= 0.3 is 11.9 Å². The molecule has 0 fully saturated rings. The van der Waals surface area contributed by atoms with Gasteiger partial charge in [0.2, 0.25) is 5.91 Å². The summed E-state index contributed by atoms with van der Waals surface area (Å²) >= 11 is 0. The number of ether oxygens (including phenoxy) is 1. The number of hydrogen-bond acceptors (Lipinski definition) is 5. The molecular weight excluding hydrogens is 510 g/mol. The van der Waals surface area contributed by atoms with Crippen molar-refractivity contribution < 1.29 is 34.1 Å². The summed E-state index contributed by atoms with van der Waals surface area (Å²) in [6.45, 7) is 4.81. The maximum absolute atomic E-state index is 13.2. The van der Waals surface area contributed by atoms with Gasteiger partial charge in [-0.15, -0.1) is 0 Å². The maximum atomic E-state index is 13.2. The fourth-order valence-electron chi connectivity index (χ4n) is 5.03. The van der Waals surface area contributed by atoms with Crippen LogP contribution in [-0.4, -0.2) is 53.6 Å². The van der Waals surface area contributed by atoms with Crippen LogP contribution in [0.25, 0.3) is 0 Å². The molecule has 1 amide bonds. The highest BCUT2D eigenvalue weighted by Crippen LogP contribution is 2.33. The van der Waals surface area contributed by atoms with E-state index in [4.69, 9.17) is 9.84 Å². The van der Waals surface area contributed by atoms with Gasteiger partial charge in [-0.3, -0.25) is 19.2 Å². The van der Waals surface area contributed by atoms with Crippen LogP contribution in [0.2, 0.25) is 0 Å². The fraction of sp³-hybridized carbons (Fsp3) is 0.875. The van der Waals surface area contributed by atoms with E-state index >= 15 is 0 Å². The first kappa shape index (κ1) is 38.0. The number of aliphatic carboxylic acids is 2. The number of carboxylic acid groups (broad SMARTS) is 2. The number of carbonyl (C=O) groups is 4. The predicted octanol–water partition coefficient (Wildman–Crippen LogP) is 7.47. The summed E-state index contributed by atoms with van der Waals surface area (Å²) in [5.74, 6) is -2.08.